The summed E-state index contributed by atoms with van der Waals surface area (Å²) in [5, 5.41) is 0. The van der Waals surface area contributed by atoms with E-state index in [4.69, 9.17) is 14.2 Å². The SMILES string of the molecule is COc1ccc(C2=C(Cc3ccc(OCCN4CCCC4)cc3)c3ccc(OC)cc3C2)cc1. The number of benzene rings is 3. The zero-order valence-corrected chi connectivity index (χ0v) is 20.2. The summed E-state index contributed by atoms with van der Waals surface area (Å²) in [4.78, 5) is 2.48. The molecule has 2 aliphatic rings. The molecule has 3 aromatic rings. The number of likely N-dealkylation sites (tertiary alicyclic amines) is 1. The Balaban J connectivity index is 1.35. The lowest BCUT2D eigenvalue weighted by Gasteiger charge is -2.15. The van der Waals surface area contributed by atoms with E-state index in [9.17, 15) is 0 Å². The van der Waals surface area contributed by atoms with Crippen molar-refractivity contribution in [2.75, 3.05) is 40.5 Å². The summed E-state index contributed by atoms with van der Waals surface area (Å²) in [6.07, 6.45) is 4.43. The van der Waals surface area contributed by atoms with Crippen molar-refractivity contribution in [2.24, 2.45) is 0 Å². The molecule has 0 aromatic heterocycles. The van der Waals surface area contributed by atoms with Gasteiger partial charge in [-0.15, -0.1) is 0 Å². The smallest absolute Gasteiger partial charge is 0.119 e. The number of hydrogen-bond acceptors (Lipinski definition) is 4. The maximum absolute atomic E-state index is 6.01. The molecule has 0 N–H and O–H groups in total. The first-order valence-electron chi connectivity index (χ1n) is 12.2. The monoisotopic (exact) mass is 455 g/mol. The van der Waals surface area contributed by atoms with Gasteiger partial charge in [-0.3, -0.25) is 4.90 Å². The number of methoxy groups -OCH3 is 2. The van der Waals surface area contributed by atoms with Gasteiger partial charge in [0.1, 0.15) is 23.9 Å². The quantitative estimate of drug-likeness (QED) is 0.403. The van der Waals surface area contributed by atoms with E-state index in [2.05, 4.69) is 59.5 Å². The molecule has 0 bridgehead atoms. The first-order valence-corrected chi connectivity index (χ1v) is 12.2. The average molecular weight is 456 g/mol. The van der Waals surface area contributed by atoms with E-state index in [1.165, 1.54) is 59.3 Å². The summed E-state index contributed by atoms with van der Waals surface area (Å²) in [5.74, 6) is 2.73. The number of nitrogens with zero attached hydrogens (tertiary/aromatic N) is 1. The lowest BCUT2D eigenvalue weighted by Crippen LogP contribution is -2.25. The Hall–Kier alpha value is -3.24. The number of rotatable bonds is 9. The minimum Gasteiger partial charge on any atom is -0.497 e. The predicted octanol–water partition coefficient (Wildman–Crippen LogP) is 5.89. The lowest BCUT2D eigenvalue weighted by molar-refractivity contribution is 0.238. The fourth-order valence-corrected chi connectivity index (χ4v) is 5.07. The van der Waals surface area contributed by atoms with Gasteiger partial charge in [0, 0.05) is 6.54 Å². The molecular formula is C30H33NO3. The molecule has 5 rings (SSSR count). The number of hydrogen-bond donors (Lipinski definition) is 0. The van der Waals surface area contributed by atoms with Crippen molar-refractivity contribution in [1.82, 2.24) is 4.90 Å². The second kappa shape index (κ2) is 10.4. The Morgan fingerprint density at radius 2 is 1.44 bits per heavy atom. The summed E-state index contributed by atoms with van der Waals surface area (Å²) < 4.78 is 16.9. The van der Waals surface area contributed by atoms with Gasteiger partial charge < -0.3 is 14.2 Å². The predicted molar refractivity (Wildman–Crippen MR) is 138 cm³/mol. The van der Waals surface area contributed by atoms with Gasteiger partial charge in [-0.1, -0.05) is 30.3 Å². The zero-order valence-electron chi connectivity index (χ0n) is 20.2. The van der Waals surface area contributed by atoms with Gasteiger partial charge in [-0.25, -0.2) is 0 Å². The molecule has 0 unspecified atom stereocenters. The molecule has 1 aliphatic heterocycles. The van der Waals surface area contributed by atoms with Crippen LogP contribution >= 0.6 is 0 Å². The van der Waals surface area contributed by atoms with Crippen LogP contribution in [0.5, 0.6) is 17.2 Å². The fourth-order valence-electron chi connectivity index (χ4n) is 5.07. The number of ether oxygens (including phenoxy) is 3. The third-order valence-electron chi connectivity index (χ3n) is 6.99. The van der Waals surface area contributed by atoms with Crippen molar-refractivity contribution < 1.29 is 14.2 Å². The number of fused-ring (bicyclic) bond motifs is 1. The first kappa shape index (κ1) is 22.5. The summed E-state index contributed by atoms with van der Waals surface area (Å²) in [6, 6.07) is 23.5. The van der Waals surface area contributed by atoms with Gasteiger partial charge in [0.2, 0.25) is 0 Å². The second-order valence-electron chi connectivity index (χ2n) is 9.10. The minimum absolute atomic E-state index is 0.751. The van der Waals surface area contributed by atoms with Gasteiger partial charge >= 0.3 is 0 Å². The summed E-state index contributed by atoms with van der Waals surface area (Å²) >= 11 is 0. The highest BCUT2D eigenvalue weighted by atomic mass is 16.5. The molecule has 4 heteroatoms. The maximum atomic E-state index is 6.01. The van der Waals surface area contributed by atoms with Crippen molar-refractivity contribution >= 4 is 11.1 Å². The van der Waals surface area contributed by atoms with Crippen LogP contribution in [0.2, 0.25) is 0 Å². The highest BCUT2D eigenvalue weighted by Crippen LogP contribution is 2.42. The molecule has 3 aromatic carbocycles. The molecule has 0 amide bonds. The Kier molecular flexibility index (Phi) is 6.87. The Morgan fingerprint density at radius 3 is 2.15 bits per heavy atom. The van der Waals surface area contributed by atoms with Crippen molar-refractivity contribution in [3.8, 4) is 17.2 Å². The lowest BCUT2D eigenvalue weighted by atomic mass is 9.95. The van der Waals surface area contributed by atoms with Gasteiger partial charge in [-0.05, 0) is 109 Å². The van der Waals surface area contributed by atoms with Crippen molar-refractivity contribution in [3.63, 3.8) is 0 Å². The van der Waals surface area contributed by atoms with Crippen LogP contribution in [0.3, 0.4) is 0 Å². The Labute approximate surface area is 202 Å². The van der Waals surface area contributed by atoms with Crippen LogP contribution in [-0.4, -0.2) is 45.4 Å². The van der Waals surface area contributed by atoms with E-state index >= 15 is 0 Å². The highest BCUT2D eigenvalue weighted by Gasteiger charge is 2.23. The minimum atomic E-state index is 0.751. The standard InChI is InChI=1S/C30H33NO3/c1-32-25-11-7-23(8-12-25)29-21-24-20-27(33-2)13-14-28(24)30(29)19-22-5-9-26(10-6-22)34-18-17-31-15-3-4-16-31/h5-14,20H,3-4,15-19,21H2,1-2H3. The molecule has 0 atom stereocenters. The Bertz CT molecular complexity index is 1140. The normalized spacial score (nSPS) is 15.5. The van der Waals surface area contributed by atoms with E-state index < -0.39 is 0 Å². The molecule has 1 aliphatic carbocycles. The second-order valence-corrected chi connectivity index (χ2v) is 9.10. The molecule has 4 nitrogen and oxygen atoms in total. The molecular weight excluding hydrogens is 422 g/mol. The van der Waals surface area contributed by atoms with Gasteiger partial charge in [0.05, 0.1) is 14.2 Å². The topological polar surface area (TPSA) is 30.9 Å². The van der Waals surface area contributed by atoms with Crippen LogP contribution in [0.4, 0.5) is 0 Å². The van der Waals surface area contributed by atoms with E-state index in [1.54, 1.807) is 14.2 Å². The van der Waals surface area contributed by atoms with Gasteiger partial charge in [-0.2, -0.15) is 0 Å². The highest BCUT2D eigenvalue weighted by molar-refractivity contribution is 5.98. The van der Waals surface area contributed by atoms with E-state index in [-0.39, 0.29) is 0 Å². The molecule has 1 fully saturated rings. The van der Waals surface area contributed by atoms with Crippen LogP contribution in [0.15, 0.2) is 66.7 Å². The average Bonchev–Trinajstić information content (AvgIpc) is 3.53. The largest absolute Gasteiger partial charge is 0.497 e. The first-order chi connectivity index (χ1) is 16.7. The van der Waals surface area contributed by atoms with Crippen LogP contribution in [0.25, 0.3) is 11.1 Å². The molecule has 1 heterocycles. The Morgan fingerprint density at radius 1 is 0.765 bits per heavy atom. The van der Waals surface area contributed by atoms with Crippen molar-refractivity contribution in [2.45, 2.75) is 25.7 Å². The van der Waals surface area contributed by atoms with Crippen molar-refractivity contribution in [1.29, 1.82) is 0 Å². The third-order valence-corrected chi connectivity index (χ3v) is 6.99. The van der Waals surface area contributed by atoms with Crippen LogP contribution in [0.1, 0.15) is 35.1 Å². The van der Waals surface area contributed by atoms with Crippen LogP contribution in [0, 0.1) is 0 Å². The van der Waals surface area contributed by atoms with Crippen LogP contribution < -0.4 is 14.2 Å². The molecule has 1 saturated heterocycles. The van der Waals surface area contributed by atoms with Gasteiger partial charge in [0.15, 0.2) is 0 Å². The fraction of sp³-hybridized carbons (Fsp3) is 0.333. The maximum Gasteiger partial charge on any atom is 0.119 e. The number of allylic oxidation sites excluding steroid dienone is 2. The molecule has 34 heavy (non-hydrogen) atoms. The summed E-state index contributed by atoms with van der Waals surface area (Å²) in [5.41, 5.74) is 7.92. The molecule has 176 valence electrons. The molecule has 0 radical (unpaired) electrons. The van der Waals surface area contributed by atoms with E-state index in [0.717, 1.165) is 43.2 Å². The van der Waals surface area contributed by atoms with Crippen molar-refractivity contribution in [3.05, 3.63) is 89.0 Å². The molecule has 0 spiro atoms. The van der Waals surface area contributed by atoms with Crippen LogP contribution in [-0.2, 0) is 12.8 Å². The van der Waals surface area contributed by atoms with Gasteiger partial charge in [0.25, 0.3) is 0 Å². The zero-order chi connectivity index (χ0) is 23.3. The van der Waals surface area contributed by atoms with E-state index in [0.29, 0.717) is 0 Å². The summed E-state index contributed by atoms with van der Waals surface area (Å²) in [6.45, 7) is 4.18. The third kappa shape index (κ3) is 4.97. The van der Waals surface area contributed by atoms with E-state index in [1.807, 2.05) is 12.1 Å². The molecule has 0 saturated carbocycles. The summed E-state index contributed by atoms with van der Waals surface area (Å²) in [7, 11) is 3.43.